The highest BCUT2D eigenvalue weighted by molar-refractivity contribution is 8.15. The van der Waals surface area contributed by atoms with E-state index in [0.29, 0.717) is 22.7 Å². The first-order valence-electron chi connectivity index (χ1n) is 9.10. The molecule has 1 unspecified atom stereocenters. The van der Waals surface area contributed by atoms with Gasteiger partial charge >= 0.3 is 6.09 Å². The third-order valence-corrected chi connectivity index (χ3v) is 5.63. The zero-order valence-electron chi connectivity index (χ0n) is 15.7. The van der Waals surface area contributed by atoms with Crippen molar-refractivity contribution in [3.63, 3.8) is 0 Å². The Kier molecular flexibility index (Phi) is 7.20. The van der Waals surface area contributed by atoms with Crippen LogP contribution in [0.1, 0.15) is 17.2 Å². The van der Waals surface area contributed by atoms with Gasteiger partial charge in [-0.15, -0.1) is 0 Å². The SMILES string of the molecule is O=C1NC(=O)C(Nc2ccc(CCN(C[C@@H](O)c3cccc(Cl)c3)C(=O)O)cc2)S1. The molecule has 2 aromatic rings. The van der Waals surface area contributed by atoms with Crippen molar-refractivity contribution >= 4 is 46.3 Å². The quantitative estimate of drug-likeness (QED) is 0.488. The van der Waals surface area contributed by atoms with Gasteiger partial charge in [-0.2, -0.15) is 0 Å². The molecule has 10 heteroatoms. The van der Waals surface area contributed by atoms with Crippen molar-refractivity contribution < 1.29 is 24.6 Å². The molecular weight excluding hydrogens is 430 g/mol. The number of aliphatic hydroxyl groups is 1. The summed E-state index contributed by atoms with van der Waals surface area (Å²) in [5, 5.41) is 24.4. The second-order valence-electron chi connectivity index (χ2n) is 6.67. The van der Waals surface area contributed by atoms with Crippen LogP contribution in [0.25, 0.3) is 0 Å². The Bertz CT molecular complexity index is 940. The Morgan fingerprint density at radius 2 is 1.97 bits per heavy atom. The fourth-order valence-electron chi connectivity index (χ4n) is 2.93. The molecule has 0 radical (unpaired) electrons. The number of aliphatic hydroxyl groups excluding tert-OH is 1. The average molecular weight is 450 g/mol. The van der Waals surface area contributed by atoms with E-state index in [1.807, 2.05) is 12.1 Å². The lowest BCUT2D eigenvalue weighted by atomic mass is 10.1. The van der Waals surface area contributed by atoms with Crippen LogP contribution >= 0.6 is 23.4 Å². The van der Waals surface area contributed by atoms with Gasteiger partial charge in [0.05, 0.1) is 12.6 Å². The first kappa shape index (κ1) is 21.9. The lowest BCUT2D eigenvalue weighted by molar-refractivity contribution is -0.118. The van der Waals surface area contributed by atoms with E-state index in [4.69, 9.17) is 11.6 Å². The molecular formula is C20H20ClN3O5S. The van der Waals surface area contributed by atoms with E-state index >= 15 is 0 Å². The molecule has 3 amide bonds. The maximum Gasteiger partial charge on any atom is 0.407 e. The number of hydrogen-bond donors (Lipinski definition) is 4. The van der Waals surface area contributed by atoms with Crippen molar-refractivity contribution in [1.29, 1.82) is 0 Å². The van der Waals surface area contributed by atoms with E-state index in [-0.39, 0.29) is 24.2 Å². The molecule has 1 saturated heterocycles. The number of nitrogens with one attached hydrogen (secondary N) is 2. The van der Waals surface area contributed by atoms with Crippen LogP contribution in [-0.4, -0.2) is 50.8 Å². The second-order valence-corrected chi connectivity index (χ2v) is 8.18. The number of amides is 3. The van der Waals surface area contributed by atoms with Gasteiger partial charge in [0.2, 0.25) is 0 Å². The predicted octanol–water partition coefficient (Wildman–Crippen LogP) is 3.32. The van der Waals surface area contributed by atoms with E-state index in [1.165, 1.54) is 0 Å². The van der Waals surface area contributed by atoms with Crippen LogP contribution in [-0.2, 0) is 11.2 Å². The smallest absolute Gasteiger partial charge is 0.407 e. The number of rotatable bonds is 8. The van der Waals surface area contributed by atoms with Gasteiger partial charge in [0.15, 0.2) is 5.37 Å². The monoisotopic (exact) mass is 449 g/mol. The van der Waals surface area contributed by atoms with Crippen LogP contribution in [0.4, 0.5) is 15.3 Å². The van der Waals surface area contributed by atoms with Crippen molar-refractivity contribution in [2.75, 3.05) is 18.4 Å². The Labute approximate surface area is 182 Å². The third-order valence-electron chi connectivity index (χ3n) is 4.51. The number of hydrogen-bond acceptors (Lipinski definition) is 6. The van der Waals surface area contributed by atoms with Gasteiger partial charge in [-0.05, 0) is 53.6 Å². The van der Waals surface area contributed by atoms with Crippen LogP contribution in [0, 0.1) is 0 Å². The fraction of sp³-hybridized carbons (Fsp3) is 0.250. The highest BCUT2D eigenvalue weighted by Gasteiger charge is 2.31. The third kappa shape index (κ3) is 5.88. The average Bonchev–Trinajstić information content (AvgIpc) is 3.02. The molecule has 0 aliphatic carbocycles. The number of carboxylic acid groups (broad SMARTS) is 1. The van der Waals surface area contributed by atoms with Crippen molar-refractivity contribution in [3.8, 4) is 0 Å². The number of carbonyl (C=O) groups is 3. The van der Waals surface area contributed by atoms with Crippen LogP contribution < -0.4 is 10.6 Å². The van der Waals surface area contributed by atoms with Gasteiger partial charge in [0, 0.05) is 17.3 Å². The Hall–Kier alpha value is -2.75. The van der Waals surface area contributed by atoms with Gasteiger partial charge in [0.25, 0.3) is 11.1 Å². The topological polar surface area (TPSA) is 119 Å². The maximum absolute atomic E-state index is 11.6. The fourth-order valence-corrected chi connectivity index (χ4v) is 3.86. The number of nitrogens with zero attached hydrogens (tertiary/aromatic N) is 1. The summed E-state index contributed by atoms with van der Waals surface area (Å²) in [6.45, 7) is 0.131. The van der Waals surface area contributed by atoms with Gasteiger partial charge in [-0.25, -0.2) is 4.79 Å². The Balaban J connectivity index is 1.55. The van der Waals surface area contributed by atoms with E-state index in [1.54, 1.807) is 36.4 Å². The van der Waals surface area contributed by atoms with E-state index in [0.717, 1.165) is 22.2 Å². The molecule has 8 nitrogen and oxygen atoms in total. The van der Waals surface area contributed by atoms with Crippen LogP contribution in [0.15, 0.2) is 48.5 Å². The van der Waals surface area contributed by atoms with E-state index in [2.05, 4.69) is 10.6 Å². The number of anilines is 1. The molecule has 0 saturated carbocycles. The van der Waals surface area contributed by atoms with Crippen LogP contribution in [0.5, 0.6) is 0 Å². The lowest BCUT2D eigenvalue weighted by Crippen LogP contribution is -2.35. The minimum Gasteiger partial charge on any atom is -0.465 e. The van der Waals surface area contributed by atoms with Crippen LogP contribution in [0.2, 0.25) is 5.02 Å². The second kappa shape index (κ2) is 9.84. The largest absolute Gasteiger partial charge is 0.465 e. The molecule has 1 aliphatic heterocycles. The van der Waals surface area contributed by atoms with Crippen LogP contribution in [0.3, 0.4) is 0 Å². The summed E-state index contributed by atoms with van der Waals surface area (Å²) >= 11 is 6.80. The van der Waals surface area contributed by atoms with Crippen molar-refractivity contribution in [2.45, 2.75) is 17.9 Å². The molecule has 0 spiro atoms. The highest BCUT2D eigenvalue weighted by Crippen LogP contribution is 2.22. The molecule has 0 aromatic heterocycles. The molecule has 2 atom stereocenters. The lowest BCUT2D eigenvalue weighted by Gasteiger charge is -2.23. The number of carbonyl (C=O) groups excluding carboxylic acids is 2. The summed E-state index contributed by atoms with van der Waals surface area (Å²) in [5.41, 5.74) is 2.12. The molecule has 2 aromatic carbocycles. The van der Waals surface area contributed by atoms with Crippen molar-refractivity contribution in [2.24, 2.45) is 0 Å². The summed E-state index contributed by atoms with van der Waals surface area (Å²) in [5.74, 6) is -0.385. The predicted molar refractivity (Wildman–Crippen MR) is 115 cm³/mol. The Morgan fingerprint density at radius 3 is 2.57 bits per heavy atom. The minimum absolute atomic E-state index is 0.0721. The number of halogens is 1. The summed E-state index contributed by atoms with van der Waals surface area (Å²) in [6.07, 6.45) is -1.65. The molecule has 3 rings (SSSR count). The van der Waals surface area contributed by atoms with Crippen molar-refractivity contribution in [3.05, 3.63) is 64.7 Å². The zero-order chi connectivity index (χ0) is 21.7. The van der Waals surface area contributed by atoms with Gasteiger partial charge in [0.1, 0.15) is 0 Å². The standard InChI is InChI=1S/C20H20ClN3O5S/c21-14-3-1-2-13(10-14)16(25)11-24(20(28)29)9-8-12-4-6-15(7-5-12)22-18-17(26)23-19(27)30-18/h1-7,10,16,18,22,25H,8-9,11H2,(H,28,29)(H,23,26,27)/t16-,18?/m1/s1. The number of benzene rings is 2. The molecule has 1 fully saturated rings. The minimum atomic E-state index is -1.12. The first-order chi connectivity index (χ1) is 14.3. The summed E-state index contributed by atoms with van der Waals surface area (Å²) in [7, 11) is 0. The van der Waals surface area contributed by atoms with Gasteiger partial charge in [-0.3, -0.25) is 14.9 Å². The van der Waals surface area contributed by atoms with Crippen molar-refractivity contribution in [1.82, 2.24) is 10.2 Å². The maximum atomic E-state index is 11.6. The summed E-state index contributed by atoms with van der Waals surface area (Å²) in [6, 6.07) is 13.8. The summed E-state index contributed by atoms with van der Waals surface area (Å²) in [4.78, 5) is 35.5. The molecule has 4 N–H and O–H groups in total. The molecule has 158 valence electrons. The molecule has 1 heterocycles. The normalized spacial score (nSPS) is 16.8. The van der Waals surface area contributed by atoms with E-state index < -0.39 is 17.6 Å². The van der Waals surface area contributed by atoms with Gasteiger partial charge < -0.3 is 20.4 Å². The molecule has 30 heavy (non-hydrogen) atoms. The summed E-state index contributed by atoms with van der Waals surface area (Å²) < 4.78 is 0. The zero-order valence-corrected chi connectivity index (χ0v) is 17.3. The Morgan fingerprint density at radius 1 is 1.23 bits per heavy atom. The molecule has 1 aliphatic rings. The number of thioether (sulfide) groups is 1. The molecule has 0 bridgehead atoms. The van der Waals surface area contributed by atoms with Gasteiger partial charge in [-0.1, -0.05) is 35.9 Å². The first-order valence-corrected chi connectivity index (χ1v) is 10.4. The highest BCUT2D eigenvalue weighted by atomic mass is 35.5. The number of imide groups is 1. The van der Waals surface area contributed by atoms with E-state index in [9.17, 15) is 24.6 Å².